The van der Waals surface area contributed by atoms with E-state index in [2.05, 4.69) is 57.8 Å². The maximum atomic E-state index is 9.26. The molecule has 1 aromatic heterocycles. The van der Waals surface area contributed by atoms with Gasteiger partial charge in [-0.3, -0.25) is 0 Å². The predicted molar refractivity (Wildman–Crippen MR) is 99.6 cm³/mol. The molecule has 0 aliphatic carbocycles. The Bertz CT molecular complexity index is 912. The van der Waals surface area contributed by atoms with E-state index in [1.807, 2.05) is 24.4 Å². The number of para-hydroxylation sites is 1. The largest absolute Gasteiger partial charge is 0.347 e. The van der Waals surface area contributed by atoms with E-state index in [0.717, 1.165) is 22.8 Å². The fraction of sp³-hybridized carbons (Fsp3) is 0.150. The average molecular weight is 363 g/mol. The van der Waals surface area contributed by atoms with Crippen LogP contribution < -0.4 is 10.4 Å². The highest BCUT2D eigenvalue weighted by atomic mass is 32.2. The van der Waals surface area contributed by atoms with E-state index in [-0.39, 0.29) is 0 Å². The van der Waals surface area contributed by atoms with Gasteiger partial charge in [0.05, 0.1) is 17.2 Å². The number of hydrogen-bond acceptors (Lipinski definition) is 6. The number of nitrogens with one attached hydrogen (secondary N) is 1. The Morgan fingerprint density at radius 1 is 1.08 bits per heavy atom. The summed E-state index contributed by atoms with van der Waals surface area (Å²) in [5.41, 5.74) is 4.80. The van der Waals surface area contributed by atoms with Crippen molar-refractivity contribution in [2.24, 2.45) is 0 Å². The van der Waals surface area contributed by atoms with E-state index in [1.54, 1.807) is 11.8 Å². The zero-order chi connectivity index (χ0) is 17.6. The lowest BCUT2D eigenvalue weighted by Gasteiger charge is -2.31. The number of hydrogen-bond donors (Lipinski definition) is 2. The van der Waals surface area contributed by atoms with Gasteiger partial charge in [-0.05, 0) is 29.8 Å². The zero-order valence-corrected chi connectivity index (χ0v) is 14.7. The molecule has 130 valence electrons. The molecule has 3 heterocycles. The summed E-state index contributed by atoms with van der Waals surface area (Å²) < 4.78 is 5.33. The number of pyridine rings is 1. The van der Waals surface area contributed by atoms with E-state index in [4.69, 9.17) is 4.74 Å². The van der Waals surface area contributed by atoms with Crippen molar-refractivity contribution in [1.29, 1.82) is 0 Å². The molecule has 26 heavy (non-hydrogen) atoms. The number of nitrogens with zero attached hydrogens (tertiary/aromatic N) is 2. The van der Waals surface area contributed by atoms with Crippen molar-refractivity contribution in [3.63, 3.8) is 0 Å². The standard InChI is InChI=1S/C20H17N3O2S/c24-22-20(13-25-20)15-9-7-14(8-10-15)12-23-16-4-1-2-5-17(16)26-18-6-3-11-21-19(18)23/h1-11,22,24H,12-13H2. The van der Waals surface area contributed by atoms with Crippen molar-refractivity contribution in [3.8, 4) is 0 Å². The summed E-state index contributed by atoms with van der Waals surface area (Å²) in [6.45, 7) is 1.21. The Morgan fingerprint density at radius 2 is 1.85 bits per heavy atom. The quantitative estimate of drug-likeness (QED) is 0.539. The van der Waals surface area contributed by atoms with Crippen LogP contribution in [0.1, 0.15) is 11.1 Å². The molecule has 1 unspecified atom stereocenters. The van der Waals surface area contributed by atoms with Gasteiger partial charge in [-0.1, -0.05) is 48.2 Å². The lowest BCUT2D eigenvalue weighted by molar-refractivity contribution is 0.0546. The second kappa shape index (κ2) is 6.10. The second-order valence-electron chi connectivity index (χ2n) is 6.41. The maximum Gasteiger partial charge on any atom is 0.190 e. The van der Waals surface area contributed by atoms with E-state index in [0.29, 0.717) is 6.61 Å². The van der Waals surface area contributed by atoms with Crippen LogP contribution in [0.5, 0.6) is 0 Å². The maximum absolute atomic E-state index is 9.26. The van der Waals surface area contributed by atoms with Gasteiger partial charge >= 0.3 is 0 Å². The minimum absolute atomic E-state index is 0.483. The molecule has 3 aromatic rings. The molecule has 2 aliphatic rings. The number of anilines is 2. The van der Waals surface area contributed by atoms with Crippen molar-refractivity contribution in [2.45, 2.75) is 22.1 Å². The lowest BCUT2D eigenvalue weighted by Crippen LogP contribution is -2.27. The molecule has 1 atom stereocenters. The number of ether oxygens (including phenoxy) is 1. The summed E-state index contributed by atoms with van der Waals surface area (Å²) in [7, 11) is 0. The smallest absolute Gasteiger partial charge is 0.190 e. The van der Waals surface area contributed by atoms with E-state index < -0.39 is 5.72 Å². The molecule has 0 spiro atoms. The number of epoxide rings is 1. The third kappa shape index (κ3) is 2.59. The number of aromatic nitrogens is 1. The Labute approximate surface area is 155 Å². The molecule has 5 rings (SSSR count). The molecule has 2 aliphatic heterocycles. The van der Waals surface area contributed by atoms with E-state index in [1.165, 1.54) is 16.1 Å². The number of hydroxylamine groups is 1. The van der Waals surface area contributed by atoms with Crippen LogP contribution in [0.25, 0.3) is 0 Å². The summed E-state index contributed by atoms with van der Waals surface area (Å²) in [5, 5.41) is 9.26. The van der Waals surface area contributed by atoms with Gasteiger partial charge in [0.2, 0.25) is 0 Å². The van der Waals surface area contributed by atoms with Crippen molar-refractivity contribution >= 4 is 23.3 Å². The van der Waals surface area contributed by atoms with Gasteiger partial charge < -0.3 is 14.8 Å². The van der Waals surface area contributed by atoms with Crippen molar-refractivity contribution in [2.75, 3.05) is 11.5 Å². The molecule has 0 radical (unpaired) electrons. The number of fused-ring (bicyclic) bond motifs is 2. The molecule has 1 saturated heterocycles. The van der Waals surface area contributed by atoms with Crippen LogP contribution in [0.2, 0.25) is 0 Å². The molecule has 0 saturated carbocycles. The van der Waals surface area contributed by atoms with Crippen LogP contribution in [0.4, 0.5) is 11.5 Å². The fourth-order valence-electron chi connectivity index (χ4n) is 3.25. The summed E-state index contributed by atoms with van der Waals surface area (Å²) in [6.07, 6.45) is 1.84. The van der Waals surface area contributed by atoms with Crippen LogP contribution in [-0.2, 0) is 17.0 Å². The SMILES string of the molecule is ONC1(c2ccc(CN3c4ccccc4Sc4cccnc43)cc2)CO1. The summed E-state index contributed by atoms with van der Waals surface area (Å²) in [4.78, 5) is 9.27. The minimum atomic E-state index is -0.721. The first-order valence-corrected chi connectivity index (χ1v) is 9.25. The fourth-order valence-corrected chi connectivity index (χ4v) is 4.32. The molecule has 2 aromatic carbocycles. The first-order chi connectivity index (χ1) is 12.8. The highest BCUT2D eigenvalue weighted by Gasteiger charge is 2.46. The Balaban J connectivity index is 1.49. The molecule has 5 nitrogen and oxygen atoms in total. The highest BCUT2D eigenvalue weighted by molar-refractivity contribution is 7.99. The van der Waals surface area contributed by atoms with E-state index >= 15 is 0 Å². The highest BCUT2D eigenvalue weighted by Crippen LogP contribution is 2.47. The van der Waals surface area contributed by atoms with Gasteiger partial charge in [-0.2, -0.15) is 5.48 Å². The van der Waals surface area contributed by atoms with Crippen molar-refractivity contribution in [1.82, 2.24) is 10.5 Å². The monoisotopic (exact) mass is 363 g/mol. The molecular formula is C20H17N3O2S. The molecular weight excluding hydrogens is 346 g/mol. The van der Waals surface area contributed by atoms with Crippen LogP contribution in [-0.4, -0.2) is 16.8 Å². The molecule has 0 amide bonds. The first kappa shape index (κ1) is 15.8. The normalized spacial score (nSPS) is 20.4. The van der Waals surface area contributed by atoms with Crippen LogP contribution in [0.3, 0.4) is 0 Å². The number of benzene rings is 2. The zero-order valence-electron chi connectivity index (χ0n) is 13.9. The topological polar surface area (TPSA) is 60.9 Å². The molecule has 1 fully saturated rings. The third-order valence-electron chi connectivity index (χ3n) is 4.76. The predicted octanol–water partition coefficient (Wildman–Crippen LogP) is 4.05. The average Bonchev–Trinajstić information content (AvgIpc) is 3.50. The first-order valence-electron chi connectivity index (χ1n) is 8.43. The van der Waals surface area contributed by atoms with Gasteiger partial charge in [-0.15, -0.1) is 0 Å². The lowest BCUT2D eigenvalue weighted by atomic mass is 10.1. The second-order valence-corrected chi connectivity index (χ2v) is 7.49. The summed E-state index contributed by atoms with van der Waals surface area (Å²) in [5.74, 6) is 0.985. The van der Waals surface area contributed by atoms with Crippen molar-refractivity contribution in [3.05, 3.63) is 78.0 Å². The van der Waals surface area contributed by atoms with Gasteiger partial charge in [0.25, 0.3) is 0 Å². The summed E-state index contributed by atoms with van der Waals surface area (Å²) >= 11 is 1.76. The van der Waals surface area contributed by atoms with Crippen LogP contribution in [0.15, 0.2) is 76.7 Å². The Kier molecular flexibility index (Phi) is 3.72. The van der Waals surface area contributed by atoms with Gasteiger partial charge in [0.15, 0.2) is 5.72 Å². The van der Waals surface area contributed by atoms with Crippen LogP contribution >= 0.6 is 11.8 Å². The number of rotatable bonds is 4. The Hall–Kier alpha value is -2.38. The molecule has 2 N–H and O–H groups in total. The minimum Gasteiger partial charge on any atom is -0.347 e. The van der Waals surface area contributed by atoms with E-state index in [9.17, 15) is 5.21 Å². The Morgan fingerprint density at radius 3 is 2.62 bits per heavy atom. The van der Waals surface area contributed by atoms with Gasteiger partial charge in [0, 0.05) is 23.2 Å². The molecule has 6 heteroatoms. The van der Waals surface area contributed by atoms with Gasteiger partial charge in [0.1, 0.15) is 5.82 Å². The third-order valence-corrected chi connectivity index (χ3v) is 5.86. The molecule has 0 bridgehead atoms. The van der Waals surface area contributed by atoms with Crippen molar-refractivity contribution < 1.29 is 9.94 Å². The summed E-state index contributed by atoms with van der Waals surface area (Å²) in [6, 6.07) is 20.6. The van der Waals surface area contributed by atoms with Crippen LogP contribution in [0, 0.1) is 0 Å². The van der Waals surface area contributed by atoms with Gasteiger partial charge in [-0.25, -0.2) is 4.98 Å².